The summed E-state index contributed by atoms with van der Waals surface area (Å²) < 4.78 is 6.34. The highest BCUT2D eigenvalue weighted by Crippen LogP contribution is 2.27. The molecule has 0 saturated carbocycles. The van der Waals surface area contributed by atoms with Gasteiger partial charge in [-0.15, -0.1) is 0 Å². The van der Waals surface area contributed by atoms with Crippen LogP contribution in [-0.2, 0) is 9.59 Å². The van der Waals surface area contributed by atoms with Gasteiger partial charge in [0.1, 0.15) is 17.1 Å². The number of hydrogen-bond acceptors (Lipinski definition) is 5. The van der Waals surface area contributed by atoms with Crippen LogP contribution >= 0.6 is 15.9 Å². The molecule has 4 amide bonds. The van der Waals surface area contributed by atoms with Crippen LogP contribution in [0.5, 0.6) is 0 Å². The first-order valence-corrected chi connectivity index (χ1v) is 9.73. The van der Waals surface area contributed by atoms with Crippen LogP contribution < -0.4 is 10.2 Å². The van der Waals surface area contributed by atoms with Crippen molar-refractivity contribution in [3.05, 3.63) is 82.0 Å². The Morgan fingerprint density at radius 3 is 2.55 bits per heavy atom. The number of carboxylic acids is 1. The van der Waals surface area contributed by atoms with E-state index < -0.39 is 23.8 Å². The van der Waals surface area contributed by atoms with Crippen molar-refractivity contribution >= 4 is 51.5 Å². The van der Waals surface area contributed by atoms with Gasteiger partial charge in [-0.25, -0.2) is 14.5 Å². The van der Waals surface area contributed by atoms with Gasteiger partial charge in [0.05, 0.1) is 11.3 Å². The van der Waals surface area contributed by atoms with Crippen molar-refractivity contribution in [1.29, 1.82) is 0 Å². The minimum Gasteiger partial charge on any atom is -0.478 e. The summed E-state index contributed by atoms with van der Waals surface area (Å²) in [6, 6.07) is 15.0. The van der Waals surface area contributed by atoms with Gasteiger partial charge in [-0.05, 0) is 48.5 Å². The van der Waals surface area contributed by atoms with Crippen LogP contribution in [0.3, 0.4) is 0 Å². The lowest BCUT2D eigenvalue weighted by molar-refractivity contribution is -0.122. The van der Waals surface area contributed by atoms with Crippen LogP contribution in [0.2, 0.25) is 0 Å². The molecule has 2 N–H and O–H groups in total. The molecule has 0 spiro atoms. The summed E-state index contributed by atoms with van der Waals surface area (Å²) in [5.74, 6) is -2.15. The van der Waals surface area contributed by atoms with Gasteiger partial charge in [-0.1, -0.05) is 34.1 Å². The molecule has 154 valence electrons. The summed E-state index contributed by atoms with van der Waals surface area (Å²) in [5, 5.41) is 11.3. The van der Waals surface area contributed by atoms with E-state index in [9.17, 15) is 19.2 Å². The van der Waals surface area contributed by atoms with E-state index in [0.29, 0.717) is 21.5 Å². The molecular formula is C22H13BrN2O6. The summed E-state index contributed by atoms with van der Waals surface area (Å²) in [5.41, 5.74) is 0.634. The first-order valence-electron chi connectivity index (χ1n) is 8.94. The lowest BCUT2D eigenvalue weighted by atomic mass is 10.1. The Hall–Kier alpha value is -3.98. The average molecular weight is 481 g/mol. The number of anilines is 1. The highest BCUT2D eigenvalue weighted by Gasteiger charge is 2.37. The summed E-state index contributed by atoms with van der Waals surface area (Å²) in [6.45, 7) is 0. The molecule has 1 aromatic heterocycles. The van der Waals surface area contributed by atoms with Gasteiger partial charge in [0.15, 0.2) is 0 Å². The molecule has 8 nitrogen and oxygen atoms in total. The molecule has 0 radical (unpaired) electrons. The predicted octanol–water partition coefficient (Wildman–Crippen LogP) is 4.07. The van der Waals surface area contributed by atoms with Crippen molar-refractivity contribution in [1.82, 2.24) is 5.32 Å². The van der Waals surface area contributed by atoms with Gasteiger partial charge in [0.2, 0.25) is 0 Å². The first kappa shape index (κ1) is 20.3. The number of hydrogen-bond donors (Lipinski definition) is 2. The molecule has 0 unspecified atom stereocenters. The van der Waals surface area contributed by atoms with E-state index >= 15 is 0 Å². The number of carbonyl (C=O) groups is 4. The number of nitrogens with zero attached hydrogens (tertiary/aromatic N) is 1. The Morgan fingerprint density at radius 2 is 1.81 bits per heavy atom. The Kier molecular flexibility index (Phi) is 5.26. The van der Waals surface area contributed by atoms with E-state index in [1.165, 1.54) is 24.3 Å². The quantitative estimate of drug-likeness (QED) is 0.429. The molecule has 2 heterocycles. The highest BCUT2D eigenvalue weighted by molar-refractivity contribution is 9.10. The minimum atomic E-state index is -1.07. The van der Waals surface area contributed by atoms with E-state index in [1.807, 2.05) is 0 Å². The summed E-state index contributed by atoms with van der Waals surface area (Å²) >= 11 is 3.29. The Morgan fingerprint density at radius 1 is 1.03 bits per heavy atom. The number of halogens is 1. The van der Waals surface area contributed by atoms with Crippen molar-refractivity contribution in [2.45, 2.75) is 0 Å². The minimum absolute atomic E-state index is 0.0961. The van der Waals surface area contributed by atoms with E-state index in [2.05, 4.69) is 21.2 Å². The number of rotatable bonds is 4. The molecular weight excluding hydrogens is 468 g/mol. The fraction of sp³-hybridized carbons (Fsp3) is 0. The second-order valence-electron chi connectivity index (χ2n) is 6.53. The third-order valence-electron chi connectivity index (χ3n) is 4.48. The summed E-state index contributed by atoms with van der Waals surface area (Å²) in [6.07, 6.45) is 1.24. The van der Waals surface area contributed by atoms with Crippen molar-refractivity contribution in [2.24, 2.45) is 0 Å². The molecule has 31 heavy (non-hydrogen) atoms. The van der Waals surface area contributed by atoms with Crippen LogP contribution in [0.1, 0.15) is 16.1 Å². The van der Waals surface area contributed by atoms with Crippen LogP contribution in [-0.4, -0.2) is 28.9 Å². The zero-order chi connectivity index (χ0) is 22.1. The van der Waals surface area contributed by atoms with E-state index in [4.69, 9.17) is 9.52 Å². The number of benzene rings is 2. The zero-order valence-corrected chi connectivity index (χ0v) is 17.3. The number of aromatic carboxylic acids is 1. The topological polar surface area (TPSA) is 117 Å². The van der Waals surface area contributed by atoms with Crippen molar-refractivity contribution in [3.63, 3.8) is 0 Å². The molecule has 1 aliphatic rings. The van der Waals surface area contributed by atoms with Crippen LogP contribution in [0.4, 0.5) is 10.5 Å². The molecule has 9 heteroatoms. The lowest BCUT2D eigenvalue weighted by Gasteiger charge is -2.26. The standard InChI is InChI=1S/C22H13BrN2O6/c23-14-5-2-6-15(10-14)25-20(27)17(19(26)24-22(25)30)11-16-7-8-18(31-16)12-3-1-4-13(9-12)21(28)29/h1-11H,(H,28,29)(H,24,26,30)/b17-11-. The van der Waals surface area contributed by atoms with Crippen molar-refractivity contribution in [2.75, 3.05) is 4.90 Å². The number of carbonyl (C=O) groups excluding carboxylic acids is 3. The number of urea groups is 1. The highest BCUT2D eigenvalue weighted by atomic mass is 79.9. The van der Waals surface area contributed by atoms with E-state index in [-0.39, 0.29) is 16.9 Å². The Labute approximate surface area is 183 Å². The Balaban J connectivity index is 1.67. The predicted molar refractivity (Wildman–Crippen MR) is 114 cm³/mol. The van der Waals surface area contributed by atoms with E-state index in [0.717, 1.165) is 4.90 Å². The maximum Gasteiger partial charge on any atom is 0.335 e. The molecule has 2 aromatic carbocycles. The van der Waals surface area contributed by atoms with Gasteiger partial charge in [-0.2, -0.15) is 0 Å². The van der Waals surface area contributed by atoms with Crippen LogP contribution in [0, 0.1) is 0 Å². The third-order valence-corrected chi connectivity index (χ3v) is 4.97. The van der Waals surface area contributed by atoms with Gasteiger partial charge in [0, 0.05) is 10.0 Å². The zero-order valence-electron chi connectivity index (χ0n) is 15.7. The number of imide groups is 2. The van der Waals surface area contributed by atoms with E-state index in [1.54, 1.807) is 42.5 Å². The number of barbiturate groups is 1. The van der Waals surface area contributed by atoms with Gasteiger partial charge < -0.3 is 9.52 Å². The molecule has 0 atom stereocenters. The monoisotopic (exact) mass is 480 g/mol. The maximum absolute atomic E-state index is 12.9. The van der Waals surface area contributed by atoms with Gasteiger partial charge in [-0.3, -0.25) is 14.9 Å². The summed E-state index contributed by atoms with van der Waals surface area (Å²) in [7, 11) is 0. The summed E-state index contributed by atoms with van der Waals surface area (Å²) in [4.78, 5) is 49.5. The number of nitrogens with one attached hydrogen (secondary N) is 1. The molecule has 1 fully saturated rings. The molecule has 1 aliphatic heterocycles. The van der Waals surface area contributed by atoms with Gasteiger partial charge >= 0.3 is 12.0 Å². The van der Waals surface area contributed by atoms with Crippen molar-refractivity contribution in [3.8, 4) is 11.3 Å². The molecule has 4 rings (SSSR count). The second kappa shape index (κ2) is 8.04. The molecule has 0 bridgehead atoms. The lowest BCUT2D eigenvalue weighted by Crippen LogP contribution is -2.54. The van der Waals surface area contributed by atoms with Crippen LogP contribution in [0.25, 0.3) is 17.4 Å². The SMILES string of the molecule is O=C1NC(=O)N(c2cccc(Br)c2)C(=O)/C1=C\c1ccc(-c2cccc(C(=O)O)c2)o1. The first-order chi connectivity index (χ1) is 14.8. The normalized spacial score (nSPS) is 15.3. The fourth-order valence-electron chi connectivity index (χ4n) is 3.04. The molecule has 3 aromatic rings. The molecule has 0 aliphatic carbocycles. The molecule has 1 saturated heterocycles. The number of carboxylic acid groups (broad SMARTS) is 1. The average Bonchev–Trinajstić information content (AvgIpc) is 3.20. The third kappa shape index (κ3) is 4.03. The fourth-order valence-corrected chi connectivity index (χ4v) is 3.43. The van der Waals surface area contributed by atoms with Gasteiger partial charge in [0.25, 0.3) is 11.8 Å². The second-order valence-corrected chi connectivity index (χ2v) is 7.44. The number of amides is 4. The smallest absolute Gasteiger partial charge is 0.335 e. The Bertz CT molecular complexity index is 1280. The number of furan rings is 1. The maximum atomic E-state index is 12.9. The largest absolute Gasteiger partial charge is 0.478 e. The van der Waals surface area contributed by atoms with Crippen LogP contribution in [0.15, 0.2) is 75.1 Å². The van der Waals surface area contributed by atoms with Crippen molar-refractivity contribution < 1.29 is 28.7 Å².